The highest BCUT2D eigenvalue weighted by atomic mass is 16.2. The molecule has 1 saturated heterocycles. The average Bonchev–Trinajstić information content (AvgIpc) is 3.12. The minimum atomic E-state index is -0.244. The molecule has 132 valence electrons. The summed E-state index contributed by atoms with van der Waals surface area (Å²) in [5, 5.41) is 15.2. The van der Waals surface area contributed by atoms with Gasteiger partial charge in [-0.15, -0.1) is 5.10 Å². The molecule has 1 aliphatic heterocycles. The van der Waals surface area contributed by atoms with Crippen molar-refractivity contribution in [2.45, 2.75) is 44.7 Å². The zero-order chi connectivity index (χ0) is 17.2. The van der Waals surface area contributed by atoms with Crippen LogP contribution in [0.4, 0.5) is 0 Å². The number of carbonyl (C=O) groups is 1. The van der Waals surface area contributed by atoms with Crippen molar-refractivity contribution in [3.8, 4) is 5.69 Å². The number of aromatic nitrogens is 4. The number of hydrogen-bond acceptors (Lipinski definition) is 5. The predicted molar refractivity (Wildman–Crippen MR) is 93.0 cm³/mol. The van der Waals surface area contributed by atoms with E-state index in [-0.39, 0.29) is 18.0 Å². The summed E-state index contributed by atoms with van der Waals surface area (Å²) < 4.78 is 1.69. The lowest BCUT2D eigenvalue weighted by Crippen LogP contribution is -2.48. The molecule has 0 unspecified atom stereocenters. The van der Waals surface area contributed by atoms with Crippen LogP contribution in [0.5, 0.6) is 0 Å². The van der Waals surface area contributed by atoms with Crippen LogP contribution in [0.3, 0.4) is 0 Å². The minimum Gasteiger partial charge on any atom is -0.345 e. The Labute approximate surface area is 147 Å². The van der Waals surface area contributed by atoms with Crippen LogP contribution < -0.4 is 5.32 Å². The molecule has 1 saturated carbocycles. The first-order chi connectivity index (χ1) is 12.2. The number of para-hydroxylation sites is 1. The Balaban J connectivity index is 1.49. The van der Waals surface area contributed by atoms with E-state index in [2.05, 4.69) is 25.7 Å². The molecule has 2 aromatic rings. The maximum Gasteiger partial charge on any atom is 0.238 e. The molecule has 0 radical (unpaired) electrons. The molecule has 7 nitrogen and oxygen atoms in total. The predicted octanol–water partition coefficient (Wildman–Crippen LogP) is 1.71. The Kier molecular flexibility index (Phi) is 4.48. The molecule has 2 aliphatic rings. The van der Waals surface area contributed by atoms with Gasteiger partial charge in [-0.1, -0.05) is 18.2 Å². The van der Waals surface area contributed by atoms with Crippen LogP contribution in [-0.4, -0.2) is 50.1 Å². The first kappa shape index (κ1) is 16.2. The smallest absolute Gasteiger partial charge is 0.238 e. The largest absolute Gasteiger partial charge is 0.345 e. The number of benzene rings is 1. The molecule has 2 heterocycles. The number of amides is 1. The summed E-state index contributed by atoms with van der Waals surface area (Å²) in [6.07, 6.45) is 4.70. The normalized spacial score (nSPS) is 20.4. The van der Waals surface area contributed by atoms with Gasteiger partial charge in [0.2, 0.25) is 5.91 Å². The van der Waals surface area contributed by atoms with Crippen LogP contribution in [0.25, 0.3) is 5.69 Å². The first-order valence-electron chi connectivity index (χ1n) is 9.12. The van der Waals surface area contributed by atoms with E-state index in [0.29, 0.717) is 11.7 Å². The fourth-order valence-corrected chi connectivity index (χ4v) is 3.69. The number of carbonyl (C=O) groups excluding carboxylic acids is 1. The van der Waals surface area contributed by atoms with Crippen LogP contribution in [-0.2, 0) is 4.79 Å². The van der Waals surface area contributed by atoms with Crippen LogP contribution in [0, 0.1) is 5.92 Å². The fourth-order valence-electron chi connectivity index (χ4n) is 3.69. The fraction of sp³-hybridized carbons (Fsp3) is 0.556. The molecular formula is C18H24N6O. The van der Waals surface area contributed by atoms with Crippen molar-refractivity contribution < 1.29 is 4.79 Å². The third-order valence-electron chi connectivity index (χ3n) is 5.11. The molecule has 25 heavy (non-hydrogen) atoms. The minimum absolute atomic E-state index is 0.00556. The van der Waals surface area contributed by atoms with Crippen molar-refractivity contribution in [2.75, 3.05) is 13.1 Å². The quantitative estimate of drug-likeness (QED) is 0.866. The second kappa shape index (κ2) is 6.92. The lowest BCUT2D eigenvalue weighted by Gasteiger charge is -2.27. The SMILES string of the molecule is C[C@@H](NC(=O)[C@H](C1CC1)N1CCCC1)c1nnnn1-c1ccccc1. The number of hydrogen-bond donors (Lipinski definition) is 1. The van der Waals surface area contributed by atoms with E-state index < -0.39 is 0 Å². The van der Waals surface area contributed by atoms with Crippen molar-refractivity contribution in [1.29, 1.82) is 0 Å². The molecule has 7 heteroatoms. The van der Waals surface area contributed by atoms with E-state index in [1.165, 1.54) is 12.8 Å². The zero-order valence-electron chi connectivity index (χ0n) is 14.5. The molecule has 2 fully saturated rings. The molecule has 1 aromatic carbocycles. The van der Waals surface area contributed by atoms with E-state index in [4.69, 9.17) is 0 Å². The monoisotopic (exact) mass is 340 g/mol. The van der Waals surface area contributed by atoms with Crippen molar-refractivity contribution >= 4 is 5.91 Å². The van der Waals surface area contributed by atoms with Gasteiger partial charge in [-0.3, -0.25) is 9.69 Å². The number of nitrogens with zero attached hydrogens (tertiary/aromatic N) is 5. The second-order valence-corrected chi connectivity index (χ2v) is 7.04. The highest BCUT2D eigenvalue weighted by molar-refractivity contribution is 5.82. The Morgan fingerprint density at radius 3 is 2.60 bits per heavy atom. The molecular weight excluding hydrogens is 316 g/mol. The lowest BCUT2D eigenvalue weighted by atomic mass is 10.1. The molecule has 2 atom stereocenters. The van der Waals surface area contributed by atoms with Gasteiger partial charge in [0.1, 0.15) is 0 Å². The Bertz CT molecular complexity index is 720. The summed E-state index contributed by atoms with van der Waals surface area (Å²) in [5.41, 5.74) is 0.891. The van der Waals surface area contributed by atoms with E-state index in [1.807, 2.05) is 37.3 Å². The highest BCUT2D eigenvalue weighted by Gasteiger charge is 2.41. The molecule has 1 aliphatic carbocycles. The van der Waals surface area contributed by atoms with Crippen LogP contribution in [0.2, 0.25) is 0 Å². The Morgan fingerprint density at radius 1 is 1.20 bits per heavy atom. The summed E-state index contributed by atoms with van der Waals surface area (Å²) in [6, 6.07) is 9.51. The summed E-state index contributed by atoms with van der Waals surface area (Å²) in [4.78, 5) is 15.3. The van der Waals surface area contributed by atoms with Crippen LogP contribution in [0.15, 0.2) is 30.3 Å². The Morgan fingerprint density at radius 2 is 1.92 bits per heavy atom. The molecule has 1 N–H and O–H groups in total. The third-order valence-corrected chi connectivity index (χ3v) is 5.11. The van der Waals surface area contributed by atoms with Gasteiger partial charge in [-0.25, -0.2) is 0 Å². The highest BCUT2D eigenvalue weighted by Crippen LogP contribution is 2.37. The van der Waals surface area contributed by atoms with Gasteiger partial charge in [0, 0.05) is 0 Å². The number of rotatable bonds is 6. The van der Waals surface area contributed by atoms with Crippen LogP contribution in [0.1, 0.15) is 44.5 Å². The van der Waals surface area contributed by atoms with Gasteiger partial charge >= 0.3 is 0 Å². The zero-order valence-corrected chi connectivity index (χ0v) is 14.5. The van der Waals surface area contributed by atoms with Gasteiger partial charge in [0.25, 0.3) is 0 Å². The molecule has 4 rings (SSSR count). The van der Waals surface area contributed by atoms with Crippen LogP contribution >= 0.6 is 0 Å². The third kappa shape index (κ3) is 3.42. The van der Waals surface area contributed by atoms with Crippen molar-refractivity contribution in [3.63, 3.8) is 0 Å². The van der Waals surface area contributed by atoms with Gasteiger partial charge in [-0.2, -0.15) is 4.68 Å². The van der Waals surface area contributed by atoms with E-state index in [1.54, 1.807) is 4.68 Å². The molecule has 0 bridgehead atoms. The van der Waals surface area contributed by atoms with Gasteiger partial charge in [0.15, 0.2) is 5.82 Å². The second-order valence-electron chi connectivity index (χ2n) is 7.04. The standard InChI is InChI=1S/C18H24N6O/c1-13(17-20-21-22-24(17)15-7-3-2-4-8-15)19-18(25)16(14-9-10-14)23-11-5-6-12-23/h2-4,7-8,13-14,16H,5-6,9-12H2,1H3,(H,19,25)/t13-,16+/m1/s1. The average molecular weight is 340 g/mol. The maximum atomic E-state index is 12.9. The first-order valence-corrected chi connectivity index (χ1v) is 9.12. The van der Waals surface area contributed by atoms with E-state index >= 15 is 0 Å². The van der Waals surface area contributed by atoms with Crippen molar-refractivity contribution in [2.24, 2.45) is 5.92 Å². The summed E-state index contributed by atoms with van der Waals surface area (Å²) in [5.74, 6) is 1.27. The number of nitrogens with one attached hydrogen (secondary N) is 1. The maximum absolute atomic E-state index is 12.9. The summed E-state index contributed by atoms with van der Waals surface area (Å²) in [6.45, 7) is 4.01. The number of tetrazole rings is 1. The lowest BCUT2D eigenvalue weighted by molar-refractivity contribution is -0.127. The number of likely N-dealkylation sites (tertiary alicyclic amines) is 1. The molecule has 0 spiro atoms. The van der Waals surface area contributed by atoms with E-state index in [9.17, 15) is 4.79 Å². The van der Waals surface area contributed by atoms with Crippen molar-refractivity contribution in [3.05, 3.63) is 36.2 Å². The van der Waals surface area contributed by atoms with Crippen molar-refractivity contribution in [1.82, 2.24) is 30.4 Å². The van der Waals surface area contributed by atoms with Gasteiger partial charge in [0.05, 0.1) is 17.8 Å². The molecule has 1 amide bonds. The molecule has 1 aromatic heterocycles. The van der Waals surface area contributed by atoms with E-state index in [0.717, 1.165) is 31.6 Å². The summed E-state index contributed by atoms with van der Waals surface area (Å²) in [7, 11) is 0. The topological polar surface area (TPSA) is 75.9 Å². The Hall–Kier alpha value is -2.28. The summed E-state index contributed by atoms with van der Waals surface area (Å²) >= 11 is 0. The van der Waals surface area contributed by atoms with Gasteiger partial charge < -0.3 is 5.32 Å². The van der Waals surface area contributed by atoms with Gasteiger partial charge in [-0.05, 0) is 74.2 Å².